The van der Waals surface area contributed by atoms with Crippen LogP contribution in [0, 0.1) is 6.92 Å². The first-order chi connectivity index (χ1) is 10.5. The standard InChI is InChI=1S/C17H20N2O3/c1-10(2)16-18-13-9-19(7-6-15(13)22-16)17(21)12-5-4-11(3)14(20)8-12/h4-5,8,10,20H,6-7,9H2,1-3H3. The van der Waals surface area contributed by atoms with Crippen molar-refractivity contribution >= 4 is 5.91 Å². The summed E-state index contributed by atoms with van der Waals surface area (Å²) in [5.41, 5.74) is 2.11. The van der Waals surface area contributed by atoms with Crippen molar-refractivity contribution in [2.24, 2.45) is 0 Å². The average Bonchev–Trinajstić information content (AvgIpc) is 2.92. The summed E-state index contributed by atoms with van der Waals surface area (Å²) in [6.45, 7) is 6.94. The molecule has 2 aromatic rings. The van der Waals surface area contributed by atoms with Gasteiger partial charge in [0.25, 0.3) is 5.91 Å². The second-order valence-corrected chi connectivity index (χ2v) is 6.05. The predicted molar refractivity (Wildman–Crippen MR) is 81.9 cm³/mol. The van der Waals surface area contributed by atoms with Crippen molar-refractivity contribution < 1.29 is 14.3 Å². The smallest absolute Gasteiger partial charge is 0.254 e. The second kappa shape index (κ2) is 5.48. The molecule has 1 aromatic carbocycles. The highest BCUT2D eigenvalue weighted by molar-refractivity contribution is 5.94. The van der Waals surface area contributed by atoms with Gasteiger partial charge in [-0.25, -0.2) is 4.98 Å². The molecule has 0 atom stereocenters. The maximum absolute atomic E-state index is 12.6. The van der Waals surface area contributed by atoms with Crippen LogP contribution in [0.5, 0.6) is 5.75 Å². The normalized spacial score (nSPS) is 14.3. The van der Waals surface area contributed by atoms with Crippen molar-refractivity contribution in [1.82, 2.24) is 9.88 Å². The number of benzene rings is 1. The van der Waals surface area contributed by atoms with Gasteiger partial charge in [-0.2, -0.15) is 0 Å². The predicted octanol–water partition coefficient (Wildman–Crippen LogP) is 3.01. The molecule has 1 aromatic heterocycles. The number of amides is 1. The fraction of sp³-hybridized carbons (Fsp3) is 0.412. The van der Waals surface area contributed by atoms with E-state index >= 15 is 0 Å². The Balaban J connectivity index is 1.81. The molecule has 0 spiro atoms. The highest BCUT2D eigenvalue weighted by atomic mass is 16.4. The quantitative estimate of drug-likeness (QED) is 0.926. The molecule has 1 amide bonds. The summed E-state index contributed by atoms with van der Waals surface area (Å²) in [7, 11) is 0. The maximum Gasteiger partial charge on any atom is 0.254 e. The van der Waals surface area contributed by atoms with Crippen LogP contribution in [0.25, 0.3) is 0 Å². The van der Waals surface area contributed by atoms with E-state index in [1.807, 2.05) is 13.8 Å². The highest BCUT2D eigenvalue weighted by Crippen LogP contribution is 2.25. The van der Waals surface area contributed by atoms with Crippen molar-refractivity contribution in [1.29, 1.82) is 0 Å². The first-order valence-electron chi connectivity index (χ1n) is 7.53. The third-order valence-electron chi connectivity index (χ3n) is 3.98. The Hall–Kier alpha value is -2.30. The third kappa shape index (κ3) is 2.58. The van der Waals surface area contributed by atoms with Gasteiger partial charge in [0.2, 0.25) is 0 Å². The SMILES string of the molecule is Cc1ccc(C(=O)N2CCc3oc(C(C)C)nc3C2)cc1O. The fourth-order valence-electron chi connectivity index (χ4n) is 2.56. The topological polar surface area (TPSA) is 66.6 Å². The van der Waals surface area contributed by atoms with E-state index in [0.717, 1.165) is 22.9 Å². The van der Waals surface area contributed by atoms with Gasteiger partial charge in [0, 0.05) is 24.4 Å². The molecule has 0 aliphatic carbocycles. The number of carbonyl (C=O) groups is 1. The fourth-order valence-corrected chi connectivity index (χ4v) is 2.56. The van der Waals surface area contributed by atoms with Crippen LogP contribution >= 0.6 is 0 Å². The lowest BCUT2D eigenvalue weighted by Crippen LogP contribution is -2.35. The lowest BCUT2D eigenvalue weighted by Gasteiger charge is -2.25. The lowest BCUT2D eigenvalue weighted by molar-refractivity contribution is 0.0727. The number of rotatable bonds is 2. The van der Waals surface area contributed by atoms with Gasteiger partial charge in [-0.15, -0.1) is 0 Å². The Morgan fingerprint density at radius 3 is 2.86 bits per heavy atom. The van der Waals surface area contributed by atoms with Crippen molar-refractivity contribution in [2.75, 3.05) is 6.54 Å². The van der Waals surface area contributed by atoms with E-state index in [0.29, 0.717) is 25.1 Å². The van der Waals surface area contributed by atoms with Gasteiger partial charge in [-0.05, 0) is 24.6 Å². The summed E-state index contributed by atoms with van der Waals surface area (Å²) < 4.78 is 5.75. The van der Waals surface area contributed by atoms with Gasteiger partial charge in [0.1, 0.15) is 17.2 Å². The number of carbonyl (C=O) groups excluding carboxylic acids is 1. The van der Waals surface area contributed by atoms with E-state index in [4.69, 9.17) is 4.42 Å². The first kappa shape index (κ1) is 14.6. The summed E-state index contributed by atoms with van der Waals surface area (Å²) in [6.07, 6.45) is 0.679. The minimum absolute atomic E-state index is 0.0879. The van der Waals surface area contributed by atoms with E-state index in [9.17, 15) is 9.90 Å². The van der Waals surface area contributed by atoms with Gasteiger partial charge in [0.15, 0.2) is 5.89 Å². The molecule has 5 nitrogen and oxygen atoms in total. The minimum atomic E-state index is -0.0879. The highest BCUT2D eigenvalue weighted by Gasteiger charge is 2.26. The van der Waals surface area contributed by atoms with Crippen LogP contribution in [0.4, 0.5) is 0 Å². The average molecular weight is 300 g/mol. The van der Waals surface area contributed by atoms with Crippen LogP contribution in [-0.4, -0.2) is 27.4 Å². The van der Waals surface area contributed by atoms with Crippen LogP contribution in [-0.2, 0) is 13.0 Å². The van der Waals surface area contributed by atoms with Crippen LogP contribution in [0.2, 0.25) is 0 Å². The van der Waals surface area contributed by atoms with Crippen LogP contribution in [0.3, 0.4) is 0 Å². The lowest BCUT2D eigenvalue weighted by atomic mass is 10.1. The number of aromatic nitrogens is 1. The largest absolute Gasteiger partial charge is 0.508 e. The Labute approximate surface area is 129 Å². The Bertz CT molecular complexity index is 719. The zero-order chi connectivity index (χ0) is 15.9. The van der Waals surface area contributed by atoms with Crippen LogP contribution in [0.1, 0.15) is 53.0 Å². The van der Waals surface area contributed by atoms with Crippen LogP contribution < -0.4 is 0 Å². The van der Waals surface area contributed by atoms with Gasteiger partial charge in [-0.3, -0.25) is 4.79 Å². The molecule has 5 heteroatoms. The number of phenols is 1. The molecule has 1 aliphatic heterocycles. The minimum Gasteiger partial charge on any atom is -0.508 e. The molecule has 0 saturated carbocycles. The molecule has 0 bridgehead atoms. The molecular weight excluding hydrogens is 280 g/mol. The molecule has 0 saturated heterocycles. The summed E-state index contributed by atoms with van der Waals surface area (Å²) in [6, 6.07) is 5.02. The number of hydrogen-bond donors (Lipinski definition) is 1. The van der Waals surface area contributed by atoms with Gasteiger partial charge in [-0.1, -0.05) is 19.9 Å². The van der Waals surface area contributed by atoms with Gasteiger partial charge < -0.3 is 14.4 Å². The van der Waals surface area contributed by atoms with E-state index in [1.54, 1.807) is 24.0 Å². The molecule has 116 valence electrons. The van der Waals surface area contributed by atoms with Crippen molar-refractivity contribution in [2.45, 2.75) is 39.7 Å². The van der Waals surface area contributed by atoms with Gasteiger partial charge in [0.05, 0.1) is 6.54 Å². The van der Waals surface area contributed by atoms with Gasteiger partial charge >= 0.3 is 0 Å². The Morgan fingerprint density at radius 1 is 1.41 bits per heavy atom. The molecule has 0 radical (unpaired) electrons. The second-order valence-electron chi connectivity index (χ2n) is 6.05. The third-order valence-corrected chi connectivity index (χ3v) is 3.98. The van der Waals surface area contributed by atoms with Crippen molar-refractivity contribution in [3.8, 4) is 5.75 Å². The number of fused-ring (bicyclic) bond motifs is 1. The van der Waals surface area contributed by atoms with E-state index in [-0.39, 0.29) is 17.6 Å². The first-order valence-corrected chi connectivity index (χ1v) is 7.53. The summed E-state index contributed by atoms with van der Waals surface area (Å²) in [4.78, 5) is 18.8. The molecular formula is C17H20N2O3. The molecule has 2 heterocycles. The number of nitrogens with zero attached hydrogens (tertiary/aromatic N) is 2. The number of hydrogen-bond acceptors (Lipinski definition) is 4. The molecule has 1 aliphatic rings. The van der Waals surface area contributed by atoms with Crippen LogP contribution in [0.15, 0.2) is 22.6 Å². The van der Waals surface area contributed by atoms with E-state index < -0.39 is 0 Å². The molecule has 22 heavy (non-hydrogen) atoms. The number of phenolic OH excluding ortho intramolecular Hbond substituents is 1. The Kier molecular flexibility index (Phi) is 3.64. The number of aromatic hydroxyl groups is 1. The van der Waals surface area contributed by atoms with E-state index in [2.05, 4.69) is 4.98 Å². The zero-order valence-corrected chi connectivity index (χ0v) is 13.1. The molecule has 0 unspecified atom stereocenters. The summed E-state index contributed by atoms with van der Waals surface area (Å²) in [5, 5.41) is 9.77. The summed E-state index contributed by atoms with van der Waals surface area (Å²) >= 11 is 0. The van der Waals surface area contributed by atoms with Crippen molar-refractivity contribution in [3.05, 3.63) is 46.7 Å². The number of oxazole rings is 1. The maximum atomic E-state index is 12.6. The Morgan fingerprint density at radius 2 is 2.18 bits per heavy atom. The van der Waals surface area contributed by atoms with Crippen molar-refractivity contribution in [3.63, 3.8) is 0 Å². The molecule has 1 N–H and O–H groups in total. The summed E-state index contributed by atoms with van der Waals surface area (Å²) in [5.74, 6) is 1.91. The molecule has 0 fully saturated rings. The number of aryl methyl sites for hydroxylation is 1. The zero-order valence-electron chi connectivity index (χ0n) is 13.1. The van der Waals surface area contributed by atoms with E-state index in [1.165, 1.54) is 6.07 Å². The monoisotopic (exact) mass is 300 g/mol. The molecule has 3 rings (SSSR count).